The molecule has 20 heavy (non-hydrogen) atoms. The first kappa shape index (κ1) is 14.8. The molecule has 0 aromatic heterocycles. The lowest BCUT2D eigenvalue weighted by atomic mass is 9.80. The third-order valence-corrected chi connectivity index (χ3v) is 4.58. The number of carbonyl (C=O) groups excluding carboxylic acids is 2. The van der Waals surface area contributed by atoms with Gasteiger partial charge in [-0.25, -0.2) is 0 Å². The monoisotopic (exact) mass is 282 g/mol. The van der Waals surface area contributed by atoms with Gasteiger partial charge >= 0.3 is 5.97 Å². The molecule has 6 heteroatoms. The fourth-order valence-electron chi connectivity index (χ4n) is 3.28. The summed E-state index contributed by atoms with van der Waals surface area (Å²) in [5, 5.41) is 9.07. The zero-order valence-electron chi connectivity index (χ0n) is 11.6. The molecule has 2 fully saturated rings. The number of hydrogen-bond acceptors (Lipinski definition) is 3. The topological polar surface area (TPSA) is 101 Å². The van der Waals surface area contributed by atoms with Crippen LogP contribution in [0.25, 0.3) is 0 Å². The van der Waals surface area contributed by atoms with E-state index in [2.05, 4.69) is 0 Å². The number of primary amides is 1. The number of aliphatic carboxylic acids is 1. The molecular formula is C14H22N2O4. The summed E-state index contributed by atoms with van der Waals surface area (Å²) in [6, 6.07) is 0. The highest BCUT2D eigenvalue weighted by Crippen LogP contribution is 2.31. The maximum absolute atomic E-state index is 12.4. The molecular weight excluding hydrogens is 260 g/mol. The predicted octanol–water partition coefficient (Wildman–Crippen LogP) is 0.601. The Morgan fingerprint density at radius 2 is 1.55 bits per heavy atom. The van der Waals surface area contributed by atoms with Crippen molar-refractivity contribution in [2.45, 2.75) is 38.5 Å². The summed E-state index contributed by atoms with van der Waals surface area (Å²) in [6.45, 7) is 1.11. The number of amides is 2. The lowest BCUT2D eigenvalue weighted by Crippen LogP contribution is -2.45. The standard InChI is InChI=1S/C14H22N2O4/c15-12(17)9-4-6-16(7-5-9)13(18)10-2-1-3-11(8-10)14(19)20/h9-11H,1-8H2,(H2,15,17)(H,19,20). The maximum Gasteiger partial charge on any atom is 0.306 e. The van der Waals surface area contributed by atoms with Crippen molar-refractivity contribution < 1.29 is 19.5 Å². The van der Waals surface area contributed by atoms with Gasteiger partial charge in [0.25, 0.3) is 0 Å². The van der Waals surface area contributed by atoms with Crippen LogP contribution in [0.2, 0.25) is 0 Å². The van der Waals surface area contributed by atoms with Crippen molar-refractivity contribution in [2.75, 3.05) is 13.1 Å². The second-order valence-electron chi connectivity index (χ2n) is 5.90. The summed E-state index contributed by atoms with van der Waals surface area (Å²) in [6.07, 6.45) is 3.93. The van der Waals surface area contributed by atoms with E-state index in [0.29, 0.717) is 38.8 Å². The Kier molecular flexibility index (Phi) is 4.62. The van der Waals surface area contributed by atoms with E-state index in [1.165, 1.54) is 0 Å². The molecule has 0 aromatic rings. The average molecular weight is 282 g/mol. The first-order valence-corrected chi connectivity index (χ1v) is 7.30. The molecule has 2 unspecified atom stereocenters. The maximum atomic E-state index is 12.4. The van der Waals surface area contributed by atoms with Crippen molar-refractivity contribution in [1.82, 2.24) is 4.90 Å². The summed E-state index contributed by atoms with van der Waals surface area (Å²) in [5.74, 6) is -1.72. The van der Waals surface area contributed by atoms with E-state index in [-0.39, 0.29) is 29.6 Å². The summed E-state index contributed by atoms with van der Waals surface area (Å²) >= 11 is 0. The Morgan fingerprint density at radius 3 is 2.10 bits per heavy atom. The molecule has 1 saturated heterocycles. The van der Waals surface area contributed by atoms with Crippen LogP contribution in [0, 0.1) is 17.8 Å². The van der Waals surface area contributed by atoms with Crippen LogP contribution in [0.3, 0.4) is 0 Å². The molecule has 2 atom stereocenters. The number of carbonyl (C=O) groups is 3. The van der Waals surface area contributed by atoms with E-state index in [4.69, 9.17) is 10.8 Å². The van der Waals surface area contributed by atoms with E-state index in [0.717, 1.165) is 12.8 Å². The SMILES string of the molecule is NC(=O)C1CCN(C(=O)C2CCCC(C(=O)O)C2)CC1. The van der Waals surface area contributed by atoms with Gasteiger partial charge in [0.1, 0.15) is 0 Å². The molecule has 0 spiro atoms. The van der Waals surface area contributed by atoms with Crippen LogP contribution in [0.5, 0.6) is 0 Å². The number of rotatable bonds is 3. The number of nitrogens with two attached hydrogens (primary N) is 1. The number of hydrogen-bond donors (Lipinski definition) is 2. The molecule has 1 saturated carbocycles. The highest BCUT2D eigenvalue weighted by molar-refractivity contribution is 5.81. The van der Waals surface area contributed by atoms with Crippen LogP contribution in [0.4, 0.5) is 0 Å². The molecule has 1 aliphatic heterocycles. The van der Waals surface area contributed by atoms with Crippen LogP contribution in [-0.4, -0.2) is 40.9 Å². The molecule has 3 N–H and O–H groups in total. The van der Waals surface area contributed by atoms with Crippen LogP contribution in [-0.2, 0) is 14.4 Å². The van der Waals surface area contributed by atoms with Crippen molar-refractivity contribution in [2.24, 2.45) is 23.5 Å². The Balaban J connectivity index is 1.88. The third-order valence-electron chi connectivity index (χ3n) is 4.58. The Morgan fingerprint density at radius 1 is 0.950 bits per heavy atom. The first-order valence-electron chi connectivity index (χ1n) is 7.30. The van der Waals surface area contributed by atoms with Crippen LogP contribution in [0.1, 0.15) is 38.5 Å². The first-order chi connectivity index (χ1) is 9.49. The summed E-state index contributed by atoms with van der Waals surface area (Å²) in [7, 11) is 0. The summed E-state index contributed by atoms with van der Waals surface area (Å²) in [5.41, 5.74) is 5.28. The minimum absolute atomic E-state index is 0.0545. The molecule has 2 aliphatic rings. The molecule has 2 amide bonds. The molecule has 2 rings (SSSR count). The number of piperidine rings is 1. The summed E-state index contributed by atoms with van der Waals surface area (Å²) in [4.78, 5) is 36.3. The van der Waals surface area contributed by atoms with Gasteiger partial charge in [-0.1, -0.05) is 6.42 Å². The highest BCUT2D eigenvalue weighted by Gasteiger charge is 2.35. The molecule has 1 aliphatic carbocycles. The zero-order chi connectivity index (χ0) is 14.7. The van der Waals surface area contributed by atoms with Crippen molar-refractivity contribution in [3.8, 4) is 0 Å². The zero-order valence-corrected chi connectivity index (χ0v) is 11.6. The van der Waals surface area contributed by atoms with Gasteiger partial charge in [0, 0.05) is 24.9 Å². The van der Waals surface area contributed by atoms with Crippen molar-refractivity contribution in [1.29, 1.82) is 0 Å². The van der Waals surface area contributed by atoms with Gasteiger partial charge in [-0.2, -0.15) is 0 Å². The molecule has 0 bridgehead atoms. The van der Waals surface area contributed by atoms with Gasteiger partial charge in [-0.15, -0.1) is 0 Å². The second-order valence-corrected chi connectivity index (χ2v) is 5.90. The molecule has 6 nitrogen and oxygen atoms in total. The van der Waals surface area contributed by atoms with Gasteiger partial charge in [0.2, 0.25) is 11.8 Å². The predicted molar refractivity (Wildman–Crippen MR) is 71.6 cm³/mol. The van der Waals surface area contributed by atoms with Gasteiger partial charge in [-0.3, -0.25) is 14.4 Å². The van der Waals surface area contributed by atoms with E-state index < -0.39 is 5.97 Å². The summed E-state index contributed by atoms with van der Waals surface area (Å²) < 4.78 is 0. The Hall–Kier alpha value is -1.59. The van der Waals surface area contributed by atoms with Crippen molar-refractivity contribution in [3.63, 3.8) is 0 Å². The number of likely N-dealkylation sites (tertiary alicyclic amines) is 1. The van der Waals surface area contributed by atoms with E-state index in [1.54, 1.807) is 4.90 Å². The van der Waals surface area contributed by atoms with Crippen LogP contribution < -0.4 is 5.73 Å². The number of carboxylic acids is 1. The van der Waals surface area contributed by atoms with E-state index in [1.807, 2.05) is 0 Å². The van der Waals surface area contributed by atoms with Gasteiger partial charge in [-0.05, 0) is 32.1 Å². The molecule has 1 heterocycles. The lowest BCUT2D eigenvalue weighted by Gasteiger charge is -2.35. The Labute approximate surface area is 118 Å². The smallest absolute Gasteiger partial charge is 0.306 e. The van der Waals surface area contributed by atoms with Crippen LogP contribution >= 0.6 is 0 Å². The van der Waals surface area contributed by atoms with E-state index in [9.17, 15) is 14.4 Å². The van der Waals surface area contributed by atoms with Crippen LogP contribution in [0.15, 0.2) is 0 Å². The average Bonchev–Trinajstić information content (AvgIpc) is 2.46. The molecule has 0 radical (unpaired) electrons. The lowest BCUT2D eigenvalue weighted by molar-refractivity contribution is -0.146. The number of carboxylic acid groups (broad SMARTS) is 1. The van der Waals surface area contributed by atoms with E-state index >= 15 is 0 Å². The number of nitrogens with zero attached hydrogens (tertiary/aromatic N) is 1. The third kappa shape index (κ3) is 3.29. The molecule has 0 aromatic carbocycles. The highest BCUT2D eigenvalue weighted by atomic mass is 16.4. The van der Waals surface area contributed by atoms with Gasteiger partial charge < -0.3 is 15.7 Å². The minimum Gasteiger partial charge on any atom is -0.481 e. The molecule has 112 valence electrons. The minimum atomic E-state index is -0.796. The largest absolute Gasteiger partial charge is 0.481 e. The Bertz CT molecular complexity index is 402. The normalized spacial score (nSPS) is 28.1. The fraction of sp³-hybridized carbons (Fsp3) is 0.786. The fourth-order valence-corrected chi connectivity index (χ4v) is 3.28. The quantitative estimate of drug-likeness (QED) is 0.791. The second kappa shape index (κ2) is 6.24. The van der Waals surface area contributed by atoms with Gasteiger partial charge in [0.15, 0.2) is 0 Å². The van der Waals surface area contributed by atoms with Crippen molar-refractivity contribution in [3.05, 3.63) is 0 Å². The van der Waals surface area contributed by atoms with Gasteiger partial charge in [0.05, 0.1) is 5.92 Å². The van der Waals surface area contributed by atoms with Crippen molar-refractivity contribution >= 4 is 17.8 Å².